The number of halogens is 3. The number of rotatable bonds is 5. The van der Waals surface area contributed by atoms with Crippen molar-refractivity contribution in [3.63, 3.8) is 0 Å². The minimum absolute atomic E-state index is 0.0509. The monoisotopic (exact) mass is 475 g/mol. The summed E-state index contributed by atoms with van der Waals surface area (Å²) in [4.78, 5) is 30.6. The number of hydrogen-bond acceptors (Lipinski definition) is 5. The number of aryl methyl sites for hydroxylation is 1. The number of benzene rings is 2. The molecule has 4 rings (SSSR count). The van der Waals surface area contributed by atoms with Crippen molar-refractivity contribution in [1.82, 2.24) is 9.88 Å². The van der Waals surface area contributed by atoms with Crippen LogP contribution in [0.3, 0.4) is 0 Å². The van der Waals surface area contributed by atoms with Gasteiger partial charge in [-0.1, -0.05) is 12.1 Å². The van der Waals surface area contributed by atoms with Gasteiger partial charge < -0.3 is 0 Å². The lowest BCUT2D eigenvalue weighted by Gasteiger charge is -2.14. The number of fused-ring (bicyclic) bond motifs is 1. The highest BCUT2D eigenvalue weighted by atomic mass is 32.2. The molecule has 0 saturated carbocycles. The van der Waals surface area contributed by atoms with Crippen molar-refractivity contribution in [2.24, 2.45) is 0 Å². The Morgan fingerprint density at radius 3 is 2.24 bits per heavy atom. The molecule has 0 saturated heterocycles. The third kappa shape index (κ3) is 4.19. The topological polar surface area (TPSA) is 96.4 Å². The van der Waals surface area contributed by atoms with E-state index in [0.29, 0.717) is 23.3 Å². The summed E-state index contributed by atoms with van der Waals surface area (Å²) in [5.41, 5.74) is -0.0889. The van der Waals surface area contributed by atoms with E-state index in [1.165, 1.54) is 18.3 Å². The van der Waals surface area contributed by atoms with Gasteiger partial charge in [0.15, 0.2) is 0 Å². The van der Waals surface area contributed by atoms with Gasteiger partial charge in [0.25, 0.3) is 21.8 Å². The number of imide groups is 1. The molecule has 2 heterocycles. The van der Waals surface area contributed by atoms with Crippen LogP contribution in [0, 0.1) is 6.92 Å². The van der Waals surface area contributed by atoms with Crippen LogP contribution >= 0.6 is 0 Å². The first-order chi connectivity index (χ1) is 15.5. The van der Waals surface area contributed by atoms with E-state index in [9.17, 15) is 31.2 Å². The molecule has 3 aromatic rings. The van der Waals surface area contributed by atoms with Crippen LogP contribution in [0.5, 0.6) is 0 Å². The van der Waals surface area contributed by atoms with Crippen molar-refractivity contribution in [2.75, 3.05) is 4.72 Å². The molecule has 1 aromatic heterocycles. The molecule has 11 heteroatoms. The molecule has 2 aromatic carbocycles. The van der Waals surface area contributed by atoms with Gasteiger partial charge in [0.05, 0.1) is 33.8 Å². The number of hydrogen-bond donors (Lipinski definition) is 1. The maximum atomic E-state index is 13.1. The number of alkyl halides is 3. The van der Waals surface area contributed by atoms with Gasteiger partial charge in [-0.3, -0.25) is 24.2 Å². The fourth-order valence-corrected chi connectivity index (χ4v) is 4.57. The SMILES string of the molecule is Cc1ccc(NS(=O)(=O)c2ccc(C(F)(F)F)cc2)c2c1C(=O)N(Cc1cccnc1)C2=O. The molecule has 2 amide bonds. The summed E-state index contributed by atoms with van der Waals surface area (Å²) >= 11 is 0. The second kappa shape index (κ2) is 8.00. The van der Waals surface area contributed by atoms with Crippen molar-refractivity contribution >= 4 is 27.5 Å². The molecule has 0 fully saturated rings. The third-order valence-electron chi connectivity index (χ3n) is 5.13. The highest BCUT2D eigenvalue weighted by molar-refractivity contribution is 7.92. The zero-order valence-corrected chi connectivity index (χ0v) is 17.9. The lowest BCUT2D eigenvalue weighted by Crippen LogP contribution is -2.29. The summed E-state index contributed by atoms with van der Waals surface area (Å²) in [6.07, 6.45) is -1.56. The van der Waals surface area contributed by atoms with E-state index in [1.54, 1.807) is 25.3 Å². The Labute approximate surface area is 186 Å². The average Bonchev–Trinajstić information content (AvgIpc) is 3.02. The van der Waals surface area contributed by atoms with Crippen molar-refractivity contribution in [3.8, 4) is 0 Å². The minimum atomic E-state index is -4.61. The van der Waals surface area contributed by atoms with Gasteiger partial charge in [0.2, 0.25) is 0 Å². The fourth-order valence-electron chi connectivity index (χ4n) is 3.50. The zero-order valence-electron chi connectivity index (χ0n) is 17.1. The largest absolute Gasteiger partial charge is 0.416 e. The number of nitrogens with one attached hydrogen (secondary N) is 1. The Morgan fingerprint density at radius 2 is 1.64 bits per heavy atom. The summed E-state index contributed by atoms with van der Waals surface area (Å²) in [7, 11) is -4.34. The molecular formula is C22H16F3N3O4S. The molecule has 7 nitrogen and oxygen atoms in total. The van der Waals surface area contributed by atoms with Gasteiger partial charge in [0, 0.05) is 12.4 Å². The normalized spacial score (nSPS) is 13.9. The predicted molar refractivity (Wildman–Crippen MR) is 112 cm³/mol. The first kappa shape index (κ1) is 22.5. The minimum Gasteiger partial charge on any atom is -0.279 e. The summed E-state index contributed by atoms with van der Waals surface area (Å²) in [5, 5.41) is 0. The van der Waals surface area contributed by atoms with E-state index in [1.807, 2.05) is 0 Å². The van der Waals surface area contributed by atoms with Crippen LogP contribution in [0.2, 0.25) is 0 Å². The number of anilines is 1. The Kier molecular flexibility index (Phi) is 5.44. The Bertz CT molecular complexity index is 1360. The highest BCUT2D eigenvalue weighted by Gasteiger charge is 2.39. The van der Waals surface area contributed by atoms with E-state index in [-0.39, 0.29) is 23.4 Å². The number of aromatic nitrogens is 1. The van der Waals surface area contributed by atoms with E-state index in [2.05, 4.69) is 9.71 Å². The van der Waals surface area contributed by atoms with Crippen LogP contribution in [0.1, 0.15) is 37.4 Å². The van der Waals surface area contributed by atoms with Crippen LogP contribution in [0.25, 0.3) is 0 Å². The maximum Gasteiger partial charge on any atom is 0.416 e. The molecule has 0 unspecified atom stereocenters. The van der Waals surface area contributed by atoms with Gasteiger partial charge >= 0.3 is 6.18 Å². The highest BCUT2D eigenvalue weighted by Crippen LogP contribution is 2.34. The zero-order chi connectivity index (χ0) is 24.0. The Balaban J connectivity index is 1.68. The molecule has 1 aliphatic heterocycles. The molecule has 0 spiro atoms. The van der Waals surface area contributed by atoms with Gasteiger partial charge in [0.1, 0.15) is 0 Å². The molecule has 33 heavy (non-hydrogen) atoms. The number of amides is 2. The Morgan fingerprint density at radius 1 is 0.970 bits per heavy atom. The van der Waals surface area contributed by atoms with Crippen LogP contribution in [0.15, 0.2) is 65.8 Å². The van der Waals surface area contributed by atoms with E-state index >= 15 is 0 Å². The summed E-state index contributed by atoms with van der Waals surface area (Å²) in [6.45, 7) is 1.57. The summed E-state index contributed by atoms with van der Waals surface area (Å²) in [5.74, 6) is -1.26. The second-order valence-corrected chi connectivity index (χ2v) is 9.05. The Hall–Kier alpha value is -3.73. The lowest BCUT2D eigenvalue weighted by molar-refractivity contribution is -0.137. The average molecular weight is 475 g/mol. The number of carbonyl (C=O) groups excluding carboxylic acids is 2. The predicted octanol–water partition coefficient (Wildman–Crippen LogP) is 4.01. The number of nitrogens with zero attached hydrogens (tertiary/aromatic N) is 2. The van der Waals surface area contributed by atoms with Crippen LogP contribution < -0.4 is 4.72 Å². The maximum absolute atomic E-state index is 13.1. The smallest absolute Gasteiger partial charge is 0.279 e. The summed E-state index contributed by atoms with van der Waals surface area (Å²) < 4.78 is 66.2. The van der Waals surface area contributed by atoms with Crippen LogP contribution in [-0.2, 0) is 22.7 Å². The van der Waals surface area contributed by atoms with Gasteiger partial charge in [-0.05, 0) is 54.4 Å². The number of pyridine rings is 1. The summed E-state index contributed by atoms with van der Waals surface area (Å²) in [6, 6.07) is 9.12. The molecule has 0 bridgehead atoms. The van der Waals surface area contributed by atoms with Crippen molar-refractivity contribution in [3.05, 3.63) is 88.7 Å². The van der Waals surface area contributed by atoms with Crippen LogP contribution in [0.4, 0.5) is 18.9 Å². The fraction of sp³-hybridized carbons (Fsp3) is 0.136. The van der Waals surface area contributed by atoms with Crippen molar-refractivity contribution in [1.29, 1.82) is 0 Å². The van der Waals surface area contributed by atoms with Crippen LogP contribution in [-0.4, -0.2) is 30.1 Å². The molecule has 0 atom stereocenters. The molecule has 170 valence electrons. The standard InChI is InChI=1S/C22H16F3N3O4S/c1-13-4-9-17(27-33(31,32)16-7-5-15(6-8-16)22(23,24)25)19-18(13)20(29)28(21(19)30)12-14-3-2-10-26-11-14/h2-11,27H,12H2,1H3. The number of carbonyl (C=O) groups is 2. The van der Waals surface area contributed by atoms with Gasteiger partial charge in [-0.25, -0.2) is 8.42 Å². The molecule has 0 radical (unpaired) electrons. The first-order valence-corrected chi connectivity index (χ1v) is 11.1. The van der Waals surface area contributed by atoms with E-state index in [4.69, 9.17) is 0 Å². The van der Waals surface area contributed by atoms with E-state index in [0.717, 1.165) is 17.0 Å². The lowest BCUT2D eigenvalue weighted by atomic mass is 10.0. The molecule has 1 aliphatic rings. The van der Waals surface area contributed by atoms with Crippen molar-refractivity contribution in [2.45, 2.75) is 24.5 Å². The number of sulfonamides is 1. The quantitative estimate of drug-likeness (QED) is 0.563. The third-order valence-corrected chi connectivity index (χ3v) is 6.51. The molecule has 1 N–H and O–H groups in total. The van der Waals surface area contributed by atoms with E-state index < -0.39 is 38.5 Å². The molecule has 0 aliphatic carbocycles. The van der Waals surface area contributed by atoms with Gasteiger partial charge in [-0.15, -0.1) is 0 Å². The molecular weight excluding hydrogens is 459 g/mol. The van der Waals surface area contributed by atoms with Gasteiger partial charge in [-0.2, -0.15) is 13.2 Å². The van der Waals surface area contributed by atoms with Crippen molar-refractivity contribution < 1.29 is 31.2 Å². The second-order valence-electron chi connectivity index (χ2n) is 7.37. The first-order valence-electron chi connectivity index (χ1n) is 9.58.